The van der Waals surface area contributed by atoms with Crippen molar-refractivity contribution in [1.82, 2.24) is 29.5 Å². The Hall–Kier alpha value is -5.09. The first-order valence-electron chi connectivity index (χ1n) is 18.7. The number of carbonyl (C=O) groups excluding carboxylic acids is 7. The number of hydrogen-bond donors (Lipinski definition) is 0. The second kappa shape index (κ2) is 16.3. The SMILES string of the molecule is COC1C(=O)N2C(C(=O)N3CCCC3)=C(CSc3nc(=O)c(OC(=O)OC4CCCN4C(=O)C4=C(COC(C)=O)CS(=O)(=O)C5C(OC)C(=O)[N+]45C=O)nn3C)CS(=O)(=O)C12. The van der Waals surface area contributed by atoms with Crippen LogP contribution in [0.4, 0.5) is 4.79 Å². The van der Waals surface area contributed by atoms with Crippen molar-refractivity contribution in [3.8, 4) is 5.88 Å². The zero-order valence-electron chi connectivity index (χ0n) is 33.0. The summed E-state index contributed by atoms with van der Waals surface area (Å²) in [5.74, 6) is -6.63. The summed E-state index contributed by atoms with van der Waals surface area (Å²) in [6.07, 6.45) is -4.06. The van der Waals surface area contributed by atoms with Crippen LogP contribution in [0.2, 0.25) is 0 Å². The zero-order chi connectivity index (χ0) is 44.3. The highest BCUT2D eigenvalue weighted by Gasteiger charge is 2.76. The van der Waals surface area contributed by atoms with E-state index >= 15 is 0 Å². The topological polar surface area (TPSA) is 291 Å². The number of thioether (sulfide) groups is 1. The van der Waals surface area contributed by atoms with E-state index in [2.05, 4.69) is 10.1 Å². The van der Waals surface area contributed by atoms with Crippen LogP contribution in [-0.2, 0) is 74.4 Å². The monoisotopic (exact) mass is 914 g/mol. The third kappa shape index (κ3) is 7.32. The molecular formula is C34H40N7O17S3+. The molecule has 7 heterocycles. The van der Waals surface area contributed by atoms with Gasteiger partial charge in [-0.1, -0.05) is 11.8 Å². The van der Waals surface area contributed by atoms with E-state index in [-0.39, 0.29) is 53.5 Å². The Morgan fingerprint density at radius 2 is 1.59 bits per heavy atom. The van der Waals surface area contributed by atoms with Gasteiger partial charge in [-0.05, 0) is 24.8 Å². The molecule has 4 saturated heterocycles. The largest absolute Gasteiger partial charge is 0.517 e. The molecule has 4 fully saturated rings. The number of esters is 1. The standard InChI is InChI=1S/C34H40N7O17S3/c1-17(43)56-12-18-14-61(52,53)32-24(55-4)31(48)41(32,16-42)22(18)28(46)39-11-7-8-20(39)57-34(49)58-26-25(44)35-33(37(2)36-26)59-13-19-15-60(50,51)30-23(54-3)29(47)40(30)21(19)27(45)38-9-5-6-10-38/h16,20,23-24,30,32H,5-15H2,1-4H3/q+1. The van der Waals surface area contributed by atoms with Crippen LogP contribution in [0.3, 0.4) is 0 Å². The minimum absolute atomic E-state index is 0.00262. The number of amides is 5. The van der Waals surface area contributed by atoms with Crippen LogP contribution in [0.5, 0.6) is 5.88 Å². The van der Waals surface area contributed by atoms with Gasteiger partial charge in [0.25, 0.3) is 11.8 Å². The number of fused-ring (bicyclic) bond motifs is 2. The van der Waals surface area contributed by atoms with E-state index < -0.39 is 124 Å². The third-order valence-electron chi connectivity index (χ3n) is 11.1. The number of carbonyl (C=O) groups is 7. The number of nitrogens with zero attached hydrogens (tertiary/aromatic N) is 7. The second-order valence-corrected chi connectivity index (χ2v) is 19.9. The summed E-state index contributed by atoms with van der Waals surface area (Å²) in [6.45, 7) is 1.03. The fourth-order valence-corrected chi connectivity index (χ4v) is 13.7. The number of rotatable bonds is 12. The van der Waals surface area contributed by atoms with Crippen molar-refractivity contribution in [2.75, 3.05) is 57.7 Å². The Balaban J connectivity index is 1.08. The predicted molar refractivity (Wildman–Crippen MR) is 201 cm³/mol. The summed E-state index contributed by atoms with van der Waals surface area (Å²) in [4.78, 5) is 112. The summed E-state index contributed by atoms with van der Waals surface area (Å²) in [7, 11) is -4.71. The first-order chi connectivity index (χ1) is 28.8. The average Bonchev–Trinajstić information content (AvgIpc) is 3.91. The van der Waals surface area contributed by atoms with Gasteiger partial charge in [-0.3, -0.25) is 33.8 Å². The number of methoxy groups -OCH3 is 2. The molecule has 6 unspecified atom stereocenters. The molecular weight excluding hydrogens is 875 g/mol. The minimum atomic E-state index is -4.32. The van der Waals surface area contributed by atoms with Crippen molar-refractivity contribution in [1.29, 1.82) is 0 Å². The van der Waals surface area contributed by atoms with E-state index in [0.717, 1.165) is 53.1 Å². The summed E-state index contributed by atoms with van der Waals surface area (Å²) in [6, 6.07) is 0. The summed E-state index contributed by atoms with van der Waals surface area (Å²) in [5, 5.41) is 0.697. The molecule has 0 saturated carbocycles. The number of imide groups is 1. The fraction of sp³-hybridized carbons (Fsp3) is 0.588. The van der Waals surface area contributed by atoms with Gasteiger partial charge in [0, 0.05) is 60.0 Å². The lowest BCUT2D eigenvalue weighted by atomic mass is 9.99. The van der Waals surface area contributed by atoms with Gasteiger partial charge < -0.3 is 28.6 Å². The number of β-lactam (4-membered cyclic amide) rings is 2. The zero-order valence-corrected chi connectivity index (χ0v) is 35.5. The summed E-state index contributed by atoms with van der Waals surface area (Å²) in [5.41, 5.74) is -2.07. The van der Waals surface area contributed by atoms with Crippen molar-refractivity contribution < 1.29 is 78.6 Å². The van der Waals surface area contributed by atoms with Crippen LogP contribution in [0.15, 0.2) is 32.5 Å². The maximum atomic E-state index is 14.2. The van der Waals surface area contributed by atoms with E-state index in [0.29, 0.717) is 13.1 Å². The average molecular weight is 915 g/mol. The van der Waals surface area contributed by atoms with Crippen LogP contribution < -0.4 is 10.3 Å². The molecule has 0 radical (unpaired) electrons. The summed E-state index contributed by atoms with van der Waals surface area (Å²) >= 11 is 0.835. The van der Waals surface area contributed by atoms with E-state index in [9.17, 15) is 55.2 Å². The van der Waals surface area contributed by atoms with E-state index in [1.165, 1.54) is 19.1 Å². The van der Waals surface area contributed by atoms with Gasteiger partial charge in [0.05, 0.1) is 17.1 Å². The maximum absolute atomic E-state index is 14.2. The molecule has 6 atom stereocenters. The number of aryl methyl sites for hydroxylation is 1. The molecule has 27 heteroatoms. The Morgan fingerprint density at radius 1 is 0.918 bits per heavy atom. The molecule has 0 bridgehead atoms. The smallest absolute Gasteiger partial charge is 0.461 e. The van der Waals surface area contributed by atoms with E-state index in [1.807, 2.05) is 0 Å². The lowest BCUT2D eigenvalue weighted by Crippen LogP contribution is -2.81. The molecule has 6 aliphatic heterocycles. The normalized spacial score (nSPS) is 28.7. The predicted octanol–water partition coefficient (Wildman–Crippen LogP) is -2.68. The number of quaternary nitrogens is 1. The lowest BCUT2D eigenvalue weighted by molar-refractivity contribution is -0.780. The second-order valence-electron chi connectivity index (χ2n) is 14.8. The lowest BCUT2D eigenvalue weighted by Gasteiger charge is -2.50. The summed E-state index contributed by atoms with van der Waals surface area (Å²) < 4.78 is 78.3. The molecule has 0 aliphatic carbocycles. The third-order valence-corrected chi connectivity index (χ3v) is 16.2. The highest BCUT2D eigenvalue weighted by atomic mass is 32.2. The fourth-order valence-electron chi connectivity index (χ4n) is 8.37. The molecule has 7 rings (SSSR count). The molecule has 330 valence electrons. The minimum Gasteiger partial charge on any atom is -0.461 e. The van der Waals surface area contributed by atoms with Gasteiger partial charge in [0.15, 0.2) is 32.7 Å². The molecule has 0 N–H and O–H groups in total. The van der Waals surface area contributed by atoms with Gasteiger partial charge in [-0.25, -0.2) is 35.9 Å². The maximum Gasteiger partial charge on any atom is 0.517 e. The number of likely N-dealkylation sites (tertiary alicyclic amines) is 2. The molecule has 5 amide bonds. The van der Waals surface area contributed by atoms with Crippen molar-refractivity contribution >= 4 is 73.6 Å². The highest BCUT2D eigenvalue weighted by molar-refractivity contribution is 7.99. The van der Waals surface area contributed by atoms with Crippen molar-refractivity contribution in [2.24, 2.45) is 7.05 Å². The molecule has 24 nitrogen and oxygen atoms in total. The van der Waals surface area contributed by atoms with Crippen LogP contribution in [0.25, 0.3) is 0 Å². The highest BCUT2D eigenvalue weighted by Crippen LogP contribution is 2.46. The Bertz CT molecular complexity index is 2480. The molecule has 1 aromatic rings. The first kappa shape index (κ1) is 44.0. The Labute approximate surface area is 351 Å². The van der Waals surface area contributed by atoms with E-state index in [1.54, 1.807) is 0 Å². The molecule has 6 aliphatic rings. The van der Waals surface area contributed by atoms with Crippen LogP contribution in [-0.4, -0.2) is 180 Å². The van der Waals surface area contributed by atoms with Crippen molar-refractivity contribution in [2.45, 2.75) is 66.9 Å². The quantitative estimate of drug-likeness (QED) is 0.0679. The Morgan fingerprint density at radius 3 is 2.23 bits per heavy atom. The number of aromatic nitrogens is 3. The van der Waals surface area contributed by atoms with Gasteiger partial charge in [0.2, 0.25) is 27.0 Å². The molecule has 0 spiro atoms. The first-order valence-corrected chi connectivity index (χ1v) is 23.1. The van der Waals surface area contributed by atoms with Gasteiger partial charge in [-0.15, -0.1) is 9.58 Å². The molecule has 61 heavy (non-hydrogen) atoms. The van der Waals surface area contributed by atoms with Crippen molar-refractivity contribution in [3.05, 3.63) is 32.9 Å². The van der Waals surface area contributed by atoms with Crippen molar-refractivity contribution in [3.63, 3.8) is 0 Å². The van der Waals surface area contributed by atoms with Crippen LogP contribution >= 0.6 is 11.8 Å². The number of sulfone groups is 2. The molecule has 1 aromatic heterocycles. The van der Waals surface area contributed by atoms with Crippen LogP contribution in [0, 0.1) is 0 Å². The van der Waals surface area contributed by atoms with E-state index in [4.69, 9.17) is 23.7 Å². The van der Waals surface area contributed by atoms with Gasteiger partial charge in [-0.2, -0.15) is 4.98 Å². The van der Waals surface area contributed by atoms with Crippen LogP contribution in [0.1, 0.15) is 32.6 Å². The Kier molecular flexibility index (Phi) is 11.8. The van der Waals surface area contributed by atoms with Gasteiger partial charge >= 0.3 is 41.8 Å². The number of hydrogen-bond acceptors (Lipinski definition) is 20. The molecule has 0 aromatic carbocycles. The number of ether oxygens (including phenoxy) is 5. The van der Waals surface area contributed by atoms with Gasteiger partial charge in [0.1, 0.15) is 12.3 Å².